The molecule has 0 saturated carbocycles. The number of aryl methyl sites for hydroxylation is 1. The fourth-order valence-electron chi connectivity index (χ4n) is 2.52. The second kappa shape index (κ2) is 10.2. The summed E-state index contributed by atoms with van der Waals surface area (Å²) in [6, 6.07) is 10.6. The Labute approximate surface area is 133 Å². The molecule has 2 heteroatoms. The van der Waals surface area contributed by atoms with Gasteiger partial charge in [-0.05, 0) is 36.9 Å². The number of hydrogen-bond donors (Lipinski definition) is 1. The fourth-order valence-corrected chi connectivity index (χ4v) is 3.83. The van der Waals surface area contributed by atoms with Crippen molar-refractivity contribution in [2.45, 2.75) is 77.7 Å². The van der Waals surface area contributed by atoms with E-state index in [0.717, 1.165) is 13.1 Å². The Morgan fingerprint density at radius 2 is 1.52 bits per heavy atom. The minimum absolute atomic E-state index is 0.814. The van der Waals surface area contributed by atoms with E-state index in [4.69, 9.17) is 0 Å². The third kappa shape index (κ3) is 9.86. The lowest BCUT2D eigenvalue weighted by molar-refractivity contribution is 0.615. The van der Waals surface area contributed by atoms with E-state index in [-0.39, 0.29) is 0 Å². The number of rotatable bonds is 11. The van der Waals surface area contributed by atoms with E-state index in [1.807, 2.05) is 0 Å². The molecule has 0 spiro atoms. The molecule has 1 rings (SSSR count). The van der Waals surface area contributed by atoms with Crippen LogP contribution in [-0.4, -0.2) is 14.6 Å². The van der Waals surface area contributed by atoms with E-state index in [9.17, 15) is 0 Å². The van der Waals surface area contributed by atoms with E-state index in [2.05, 4.69) is 56.1 Å². The molecule has 0 aliphatic carbocycles. The van der Waals surface area contributed by atoms with Crippen molar-refractivity contribution in [3.8, 4) is 0 Å². The van der Waals surface area contributed by atoms with Crippen LogP contribution in [0.25, 0.3) is 0 Å². The predicted molar refractivity (Wildman–Crippen MR) is 98.8 cm³/mol. The highest BCUT2D eigenvalue weighted by Crippen LogP contribution is 2.13. The quantitative estimate of drug-likeness (QED) is 0.413. The normalized spacial score (nSPS) is 11.8. The van der Waals surface area contributed by atoms with Crippen molar-refractivity contribution in [2.24, 2.45) is 0 Å². The first-order chi connectivity index (χ1) is 10.0. The van der Waals surface area contributed by atoms with Gasteiger partial charge in [-0.2, -0.15) is 0 Å². The molecule has 0 atom stereocenters. The summed E-state index contributed by atoms with van der Waals surface area (Å²) >= 11 is 0. The second-order valence-electron chi connectivity index (χ2n) is 7.47. The molecule has 0 aliphatic rings. The Morgan fingerprint density at radius 1 is 0.857 bits per heavy atom. The zero-order valence-corrected chi connectivity index (χ0v) is 15.7. The Balaban J connectivity index is 2.07. The van der Waals surface area contributed by atoms with Crippen LogP contribution in [0.2, 0.25) is 25.7 Å². The van der Waals surface area contributed by atoms with Crippen molar-refractivity contribution in [3.63, 3.8) is 0 Å². The minimum atomic E-state index is -0.814. The number of benzene rings is 1. The molecule has 1 nitrogen and oxygen atoms in total. The molecular weight excluding hydrogens is 270 g/mol. The second-order valence-corrected chi connectivity index (χ2v) is 13.1. The summed E-state index contributed by atoms with van der Waals surface area (Å²) in [4.78, 5) is 0. The van der Waals surface area contributed by atoms with Crippen LogP contribution in [-0.2, 0) is 13.0 Å². The molecule has 1 aromatic carbocycles. The highest BCUT2D eigenvalue weighted by molar-refractivity contribution is 6.76. The van der Waals surface area contributed by atoms with Gasteiger partial charge in [0.25, 0.3) is 0 Å². The van der Waals surface area contributed by atoms with Crippen LogP contribution in [0, 0.1) is 0 Å². The Hall–Kier alpha value is -0.603. The molecule has 0 saturated heterocycles. The van der Waals surface area contributed by atoms with Gasteiger partial charge in [0.1, 0.15) is 0 Å². The van der Waals surface area contributed by atoms with E-state index in [0.29, 0.717) is 0 Å². The highest BCUT2D eigenvalue weighted by atomic mass is 28.3. The number of hydrogen-bond acceptors (Lipinski definition) is 1. The topological polar surface area (TPSA) is 12.0 Å². The van der Waals surface area contributed by atoms with E-state index >= 15 is 0 Å². The van der Waals surface area contributed by atoms with Crippen LogP contribution in [0.1, 0.15) is 50.2 Å². The molecule has 0 heterocycles. The monoisotopic (exact) mass is 305 g/mol. The van der Waals surface area contributed by atoms with Crippen LogP contribution < -0.4 is 5.32 Å². The Morgan fingerprint density at radius 3 is 2.14 bits per heavy atom. The summed E-state index contributed by atoms with van der Waals surface area (Å²) in [5, 5.41) is 3.57. The molecule has 0 bridgehead atoms. The number of unbranched alkanes of at least 4 members (excludes halogenated alkanes) is 3. The fraction of sp³-hybridized carbons (Fsp3) is 0.684. The van der Waals surface area contributed by atoms with Crippen LogP contribution in [0.5, 0.6) is 0 Å². The first kappa shape index (κ1) is 18.4. The predicted octanol–water partition coefficient (Wildman–Crippen LogP) is 5.63. The molecule has 0 aromatic heterocycles. The third-order valence-electron chi connectivity index (χ3n) is 3.95. The van der Waals surface area contributed by atoms with Gasteiger partial charge in [0.2, 0.25) is 0 Å². The van der Waals surface area contributed by atoms with Crippen molar-refractivity contribution >= 4 is 8.07 Å². The first-order valence-electron chi connectivity index (χ1n) is 8.80. The average Bonchev–Trinajstić information content (AvgIpc) is 2.44. The van der Waals surface area contributed by atoms with Gasteiger partial charge in [0.15, 0.2) is 0 Å². The van der Waals surface area contributed by atoms with Gasteiger partial charge in [-0.3, -0.25) is 0 Å². The maximum absolute atomic E-state index is 3.57. The summed E-state index contributed by atoms with van der Waals surface area (Å²) in [6.07, 6.45) is 7.92. The standard InChI is InChI=1S/C19H35NSi/c1-5-6-10-18-11-13-19(14-12-18)17-20-15-8-7-9-16-21(2,3)4/h11-14,20H,5-10,15-17H2,1-4H3. The van der Waals surface area contributed by atoms with Gasteiger partial charge in [-0.15, -0.1) is 0 Å². The molecule has 0 radical (unpaired) electrons. The molecule has 120 valence electrons. The molecule has 21 heavy (non-hydrogen) atoms. The van der Waals surface area contributed by atoms with Crippen molar-refractivity contribution in [3.05, 3.63) is 35.4 Å². The van der Waals surface area contributed by atoms with Crippen molar-refractivity contribution in [1.82, 2.24) is 5.32 Å². The van der Waals surface area contributed by atoms with Gasteiger partial charge in [-0.25, -0.2) is 0 Å². The van der Waals surface area contributed by atoms with Gasteiger partial charge in [0.05, 0.1) is 0 Å². The third-order valence-corrected chi connectivity index (χ3v) is 5.80. The molecule has 1 aromatic rings. The van der Waals surface area contributed by atoms with Gasteiger partial charge in [-0.1, -0.05) is 76.1 Å². The zero-order chi connectivity index (χ0) is 15.6. The summed E-state index contributed by atoms with van der Waals surface area (Å²) in [7, 11) is -0.814. The van der Waals surface area contributed by atoms with Crippen molar-refractivity contribution in [1.29, 1.82) is 0 Å². The zero-order valence-electron chi connectivity index (χ0n) is 14.7. The highest BCUT2D eigenvalue weighted by Gasteiger charge is 2.11. The van der Waals surface area contributed by atoms with Crippen LogP contribution in [0.15, 0.2) is 24.3 Å². The summed E-state index contributed by atoms with van der Waals surface area (Å²) in [5.74, 6) is 0. The lowest BCUT2D eigenvalue weighted by Gasteiger charge is -2.15. The van der Waals surface area contributed by atoms with Gasteiger partial charge >= 0.3 is 0 Å². The average molecular weight is 306 g/mol. The Bertz CT molecular complexity index is 364. The van der Waals surface area contributed by atoms with E-state index < -0.39 is 8.07 Å². The lowest BCUT2D eigenvalue weighted by Crippen LogP contribution is -2.19. The number of nitrogens with one attached hydrogen (secondary N) is 1. The smallest absolute Gasteiger partial charge is 0.0442 e. The van der Waals surface area contributed by atoms with Crippen LogP contribution in [0.3, 0.4) is 0 Å². The molecule has 0 fully saturated rings. The van der Waals surface area contributed by atoms with E-state index in [1.165, 1.54) is 55.7 Å². The molecule has 0 unspecified atom stereocenters. The molecular formula is C19H35NSi. The van der Waals surface area contributed by atoms with E-state index in [1.54, 1.807) is 0 Å². The first-order valence-corrected chi connectivity index (χ1v) is 12.5. The maximum Gasteiger partial charge on any atom is 0.0442 e. The van der Waals surface area contributed by atoms with Crippen LogP contribution in [0.4, 0.5) is 0 Å². The van der Waals surface area contributed by atoms with Crippen molar-refractivity contribution in [2.75, 3.05) is 6.54 Å². The SMILES string of the molecule is CCCCc1ccc(CNCCCCC[Si](C)(C)C)cc1. The largest absolute Gasteiger partial charge is 0.313 e. The Kier molecular flexibility index (Phi) is 8.94. The van der Waals surface area contributed by atoms with Gasteiger partial charge < -0.3 is 5.32 Å². The molecule has 0 aliphatic heterocycles. The lowest BCUT2D eigenvalue weighted by atomic mass is 10.1. The summed E-state index contributed by atoms with van der Waals surface area (Å²) < 4.78 is 0. The minimum Gasteiger partial charge on any atom is -0.313 e. The molecule has 0 amide bonds. The van der Waals surface area contributed by atoms with Crippen LogP contribution >= 0.6 is 0 Å². The summed E-state index contributed by atoms with van der Waals surface area (Å²) in [6.45, 7) is 11.8. The molecule has 1 N–H and O–H groups in total. The van der Waals surface area contributed by atoms with Gasteiger partial charge in [0, 0.05) is 14.6 Å². The maximum atomic E-state index is 3.57. The summed E-state index contributed by atoms with van der Waals surface area (Å²) in [5.41, 5.74) is 2.89. The van der Waals surface area contributed by atoms with Crippen molar-refractivity contribution < 1.29 is 0 Å².